The summed E-state index contributed by atoms with van der Waals surface area (Å²) >= 11 is 1.37. The van der Waals surface area contributed by atoms with Gasteiger partial charge in [-0.05, 0) is 61.6 Å². The Morgan fingerprint density at radius 2 is 1.71 bits per heavy atom. The molecule has 41 heavy (non-hydrogen) atoms. The van der Waals surface area contributed by atoms with E-state index in [0.29, 0.717) is 27.2 Å². The van der Waals surface area contributed by atoms with Crippen LogP contribution in [-0.4, -0.2) is 49.2 Å². The summed E-state index contributed by atoms with van der Waals surface area (Å²) in [6, 6.07) is 10.2. The molecule has 11 heteroatoms. The zero-order valence-corrected chi connectivity index (χ0v) is 24.4. The summed E-state index contributed by atoms with van der Waals surface area (Å²) < 4.78 is 29.7. The molecule has 2 N–H and O–H groups in total. The van der Waals surface area contributed by atoms with Gasteiger partial charge in [-0.3, -0.25) is 9.59 Å². The number of anilines is 2. The highest BCUT2D eigenvalue weighted by atomic mass is 32.1. The van der Waals surface area contributed by atoms with Crippen LogP contribution in [0.4, 0.5) is 15.8 Å². The highest BCUT2D eigenvalue weighted by molar-refractivity contribution is 7.19. The van der Waals surface area contributed by atoms with E-state index >= 15 is 0 Å². The number of benzene rings is 2. The number of thiazole rings is 1. The number of hydrogen-bond donors (Lipinski definition) is 2. The van der Waals surface area contributed by atoms with Gasteiger partial charge in [0.25, 0.3) is 11.8 Å². The van der Waals surface area contributed by atoms with Crippen molar-refractivity contribution in [2.75, 3.05) is 38.1 Å². The molecule has 0 aliphatic carbocycles. The van der Waals surface area contributed by atoms with Crippen LogP contribution in [0.2, 0.25) is 0 Å². The van der Waals surface area contributed by atoms with Gasteiger partial charge < -0.3 is 24.8 Å². The number of ether oxygens (including phenoxy) is 3. The van der Waals surface area contributed by atoms with Crippen LogP contribution in [-0.2, 0) is 4.74 Å². The number of pyridine rings is 1. The van der Waals surface area contributed by atoms with Gasteiger partial charge in [0.1, 0.15) is 17.1 Å². The van der Waals surface area contributed by atoms with Crippen molar-refractivity contribution in [3.05, 3.63) is 70.6 Å². The van der Waals surface area contributed by atoms with Crippen LogP contribution in [0.25, 0.3) is 10.2 Å². The molecule has 0 spiro atoms. The Balaban J connectivity index is 0.000000417. The highest BCUT2D eigenvalue weighted by Gasteiger charge is 2.22. The number of nitrogens with one attached hydrogen (secondary N) is 2. The van der Waals surface area contributed by atoms with Crippen molar-refractivity contribution in [1.82, 2.24) is 9.97 Å². The van der Waals surface area contributed by atoms with Crippen LogP contribution in [0, 0.1) is 24.6 Å². The van der Waals surface area contributed by atoms with Crippen LogP contribution < -0.4 is 20.1 Å². The highest BCUT2D eigenvalue weighted by Crippen LogP contribution is 2.33. The van der Waals surface area contributed by atoms with E-state index in [0.717, 1.165) is 30.1 Å². The largest absolute Gasteiger partial charge is 0.496 e. The lowest BCUT2D eigenvalue weighted by Crippen LogP contribution is -2.21. The summed E-state index contributed by atoms with van der Waals surface area (Å²) in [6.45, 7) is 8.30. The second-order valence-electron chi connectivity index (χ2n) is 9.89. The Morgan fingerprint density at radius 1 is 1.00 bits per heavy atom. The molecule has 3 heterocycles. The standard InChI is InChI=1S/C23H19FN4O4S.C7H14O/c1-12-26-16-8-9-18(31-2)20(21(16)33-12)23(30)28-17-11-25-19(32-3)10-15(17)22(29)27-14-6-4-13(24)5-7-14;1-6-3-7(2)5-8-4-6/h4-11H,1-3H3,(H,27,29)(H,28,30);6-7H,3-5H2,1-2H3. The summed E-state index contributed by atoms with van der Waals surface area (Å²) in [4.78, 5) is 34.8. The average molecular weight is 581 g/mol. The summed E-state index contributed by atoms with van der Waals surface area (Å²) in [6.07, 6.45) is 2.68. The van der Waals surface area contributed by atoms with Gasteiger partial charge in [-0.1, -0.05) is 13.8 Å². The first-order valence-electron chi connectivity index (χ1n) is 13.1. The van der Waals surface area contributed by atoms with E-state index in [1.54, 1.807) is 12.1 Å². The minimum Gasteiger partial charge on any atom is -0.496 e. The Morgan fingerprint density at radius 3 is 2.32 bits per heavy atom. The molecule has 2 amide bonds. The molecular formula is C30H33FN4O5S. The maximum atomic E-state index is 13.3. The Hall–Kier alpha value is -4.09. The third-order valence-corrected chi connectivity index (χ3v) is 7.37. The lowest BCUT2D eigenvalue weighted by atomic mass is 9.96. The SMILES string of the molecule is CC1COCC(C)C1.COc1cc(C(=O)Nc2ccc(F)cc2)c(NC(=O)c2c(OC)ccc3nc(C)sc23)cn1. The van der Waals surface area contributed by atoms with Gasteiger partial charge >= 0.3 is 0 Å². The van der Waals surface area contributed by atoms with E-state index in [1.165, 1.54) is 68.5 Å². The number of aromatic nitrogens is 2. The fraction of sp³-hybridized carbons (Fsp3) is 0.333. The number of carbonyl (C=O) groups excluding carboxylic acids is 2. The maximum Gasteiger partial charge on any atom is 0.261 e. The lowest BCUT2D eigenvalue weighted by Gasteiger charge is -2.23. The molecule has 216 valence electrons. The van der Waals surface area contributed by atoms with Gasteiger partial charge in [0.15, 0.2) is 0 Å². The smallest absolute Gasteiger partial charge is 0.261 e. The van der Waals surface area contributed by atoms with Crippen molar-refractivity contribution in [1.29, 1.82) is 0 Å². The van der Waals surface area contributed by atoms with E-state index in [9.17, 15) is 14.0 Å². The number of amides is 2. The maximum absolute atomic E-state index is 13.3. The number of rotatable bonds is 6. The molecule has 2 unspecified atom stereocenters. The summed E-state index contributed by atoms with van der Waals surface area (Å²) in [5.41, 5.74) is 1.65. The van der Waals surface area contributed by atoms with Gasteiger partial charge in [-0.25, -0.2) is 14.4 Å². The van der Waals surface area contributed by atoms with E-state index < -0.39 is 17.6 Å². The van der Waals surface area contributed by atoms with E-state index in [1.807, 2.05) is 6.92 Å². The molecule has 4 aromatic rings. The first-order chi connectivity index (χ1) is 19.7. The molecule has 1 aliphatic heterocycles. The fourth-order valence-corrected chi connectivity index (χ4v) is 5.47. The molecule has 2 atom stereocenters. The van der Waals surface area contributed by atoms with Gasteiger partial charge in [-0.15, -0.1) is 11.3 Å². The van der Waals surface area contributed by atoms with E-state index in [4.69, 9.17) is 14.2 Å². The minimum atomic E-state index is -0.531. The molecule has 0 saturated carbocycles. The van der Waals surface area contributed by atoms with Gasteiger partial charge in [0.05, 0.1) is 46.9 Å². The number of methoxy groups -OCH3 is 2. The first-order valence-corrected chi connectivity index (χ1v) is 13.9. The Kier molecular flexibility index (Phi) is 9.85. The fourth-order valence-electron chi connectivity index (χ4n) is 4.52. The molecule has 9 nitrogen and oxygen atoms in total. The molecule has 2 aromatic heterocycles. The quantitative estimate of drug-likeness (QED) is 0.274. The summed E-state index contributed by atoms with van der Waals surface area (Å²) in [7, 11) is 2.89. The average Bonchev–Trinajstić information content (AvgIpc) is 3.34. The van der Waals surface area contributed by atoms with Crippen LogP contribution >= 0.6 is 11.3 Å². The van der Waals surface area contributed by atoms with Gasteiger partial charge in [0.2, 0.25) is 5.88 Å². The molecular weight excluding hydrogens is 547 g/mol. The van der Waals surface area contributed by atoms with Gasteiger partial charge in [0, 0.05) is 25.0 Å². The molecule has 1 saturated heterocycles. The second-order valence-corrected chi connectivity index (χ2v) is 11.1. The monoisotopic (exact) mass is 580 g/mol. The van der Waals surface area contributed by atoms with Crippen molar-refractivity contribution in [3.63, 3.8) is 0 Å². The van der Waals surface area contributed by atoms with Crippen LogP contribution in [0.15, 0.2) is 48.7 Å². The molecule has 0 bridgehead atoms. The number of carbonyl (C=O) groups is 2. The Labute approximate surface area is 242 Å². The van der Waals surface area contributed by atoms with Crippen LogP contribution in [0.3, 0.4) is 0 Å². The molecule has 2 aromatic carbocycles. The number of hydrogen-bond acceptors (Lipinski definition) is 8. The Bertz CT molecular complexity index is 1520. The van der Waals surface area contributed by atoms with E-state index in [-0.39, 0.29) is 17.1 Å². The normalized spacial score (nSPS) is 16.3. The van der Waals surface area contributed by atoms with Crippen molar-refractivity contribution in [2.45, 2.75) is 27.2 Å². The van der Waals surface area contributed by atoms with Crippen molar-refractivity contribution in [2.24, 2.45) is 11.8 Å². The number of fused-ring (bicyclic) bond motifs is 1. The molecule has 1 fully saturated rings. The lowest BCUT2D eigenvalue weighted by molar-refractivity contribution is 0.0274. The number of aryl methyl sites for hydroxylation is 1. The number of nitrogens with zero attached hydrogens (tertiary/aromatic N) is 2. The third-order valence-electron chi connectivity index (χ3n) is 6.37. The van der Waals surface area contributed by atoms with Gasteiger partial charge in [-0.2, -0.15) is 0 Å². The second kappa shape index (κ2) is 13.5. The van der Waals surface area contributed by atoms with E-state index in [2.05, 4.69) is 34.4 Å². The van der Waals surface area contributed by atoms with Crippen molar-refractivity contribution >= 4 is 44.7 Å². The van der Waals surface area contributed by atoms with Crippen LogP contribution in [0.5, 0.6) is 11.6 Å². The first kappa shape index (κ1) is 29.9. The van der Waals surface area contributed by atoms with Crippen molar-refractivity contribution in [3.8, 4) is 11.6 Å². The zero-order valence-electron chi connectivity index (χ0n) is 23.6. The molecule has 0 radical (unpaired) electrons. The third kappa shape index (κ3) is 7.56. The topological polar surface area (TPSA) is 112 Å². The van der Waals surface area contributed by atoms with Crippen LogP contribution in [0.1, 0.15) is 46.0 Å². The summed E-state index contributed by atoms with van der Waals surface area (Å²) in [5, 5.41) is 6.23. The predicted molar refractivity (Wildman–Crippen MR) is 158 cm³/mol. The number of halogens is 1. The zero-order chi connectivity index (χ0) is 29.5. The molecule has 5 rings (SSSR count). The minimum absolute atomic E-state index is 0.117. The predicted octanol–water partition coefficient (Wildman–Crippen LogP) is 6.34. The van der Waals surface area contributed by atoms with Crippen molar-refractivity contribution < 1.29 is 28.2 Å². The summed E-state index contributed by atoms with van der Waals surface area (Å²) in [5.74, 6) is 0.711. The molecule has 1 aliphatic rings.